The van der Waals surface area contributed by atoms with Gasteiger partial charge in [0.15, 0.2) is 0 Å². The molecular formula is C31H36O6. The van der Waals surface area contributed by atoms with E-state index in [9.17, 15) is 14.4 Å². The van der Waals surface area contributed by atoms with Crippen molar-refractivity contribution in [3.05, 3.63) is 64.2 Å². The summed E-state index contributed by atoms with van der Waals surface area (Å²) in [5.74, 6) is 0.274. The zero-order valence-electron chi connectivity index (χ0n) is 22.2. The van der Waals surface area contributed by atoms with Crippen LogP contribution in [0.4, 0.5) is 0 Å². The molecule has 0 bridgehead atoms. The zero-order valence-corrected chi connectivity index (χ0v) is 22.2. The number of rotatable bonds is 3. The summed E-state index contributed by atoms with van der Waals surface area (Å²) >= 11 is 0. The number of hydrogen-bond acceptors (Lipinski definition) is 6. The molecule has 0 aromatic heterocycles. The number of esters is 2. The molecule has 2 aromatic rings. The van der Waals surface area contributed by atoms with Crippen molar-refractivity contribution >= 4 is 23.8 Å². The highest BCUT2D eigenvalue weighted by molar-refractivity contribution is 5.99. The monoisotopic (exact) mass is 504 g/mol. The minimum atomic E-state index is -0.485. The Morgan fingerprint density at radius 2 is 1.76 bits per heavy atom. The molecule has 2 aromatic carbocycles. The first kappa shape index (κ1) is 26.6. The number of carbonyl (C=O) groups is 3. The van der Waals surface area contributed by atoms with Gasteiger partial charge in [-0.05, 0) is 61.3 Å². The Labute approximate surface area is 219 Å². The summed E-state index contributed by atoms with van der Waals surface area (Å²) in [6.07, 6.45) is 7.34. The first-order valence-corrected chi connectivity index (χ1v) is 13.2. The number of ketones is 1. The maximum absolute atomic E-state index is 13.5. The van der Waals surface area contributed by atoms with Crippen LogP contribution in [0, 0.1) is 0 Å². The van der Waals surface area contributed by atoms with Gasteiger partial charge in [-0.2, -0.15) is 0 Å². The van der Waals surface area contributed by atoms with Crippen LogP contribution in [0.2, 0.25) is 0 Å². The van der Waals surface area contributed by atoms with E-state index >= 15 is 0 Å². The molecule has 0 spiro atoms. The topological polar surface area (TPSA) is 78.9 Å². The van der Waals surface area contributed by atoms with Crippen LogP contribution in [0.5, 0.6) is 11.5 Å². The van der Waals surface area contributed by atoms with Crippen LogP contribution < -0.4 is 9.47 Å². The summed E-state index contributed by atoms with van der Waals surface area (Å²) in [7, 11) is 1.53. The van der Waals surface area contributed by atoms with E-state index in [-0.39, 0.29) is 30.2 Å². The van der Waals surface area contributed by atoms with Crippen molar-refractivity contribution in [2.75, 3.05) is 7.11 Å². The molecule has 0 saturated heterocycles. The van der Waals surface area contributed by atoms with E-state index in [0.29, 0.717) is 66.2 Å². The quantitative estimate of drug-likeness (QED) is 0.340. The van der Waals surface area contributed by atoms with Crippen molar-refractivity contribution in [1.82, 2.24) is 0 Å². The smallest absolute Gasteiger partial charge is 0.342 e. The minimum Gasteiger partial charge on any atom is -0.495 e. The van der Waals surface area contributed by atoms with Crippen molar-refractivity contribution in [3.63, 3.8) is 0 Å². The Balaban J connectivity index is 1.83. The van der Waals surface area contributed by atoms with Gasteiger partial charge in [-0.15, -0.1) is 0 Å². The van der Waals surface area contributed by atoms with Gasteiger partial charge < -0.3 is 14.2 Å². The predicted molar refractivity (Wildman–Crippen MR) is 142 cm³/mol. The second kappa shape index (κ2) is 11.8. The molecule has 2 heterocycles. The Kier molecular flexibility index (Phi) is 8.47. The summed E-state index contributed by atoms with van der Waals surface area (Å²) in [6.45, 7) is 6.12. The molecule has 1 unspecified atom stereocenters. The fourth-order valence-electron chi connectivity index (χ4n) is 5.11. The average Bonchev–Trinajstić information content (AvgIpc) is 2.86. The van der Waals surface area contributed by atoms with Crippen molar-refractivity contribution in [2.45, 2.75) is 83.7 Å². The van der Waals surface area contributed by atoms with Crippen LogP contribution >= 0.6 is 0 Å². The van der Waals surface area contributed by atoms with Gasteiger partial charge in [0, 0.05) is 24.3 Å². The van der Waals surface area contributed by atoms with E-state index in [1.807, 2.05) is 31.2 Å². The molecule has 196 valence electrons. The predicted octanol–water partition coefficient (Wildman–Crippen LogP) is 6.74. The number of fused-ring (bicyclic) bond motifs is 2. The lowest BCUT2D eigenvalue weighted by atomic mass is 9.83. The maximum Gasteiger partial charge on any atom is 0.342 e. The first-order valence-electron chi connectivity index (χ1n) is 13.2. The van der Waals surface area contributed by atoms with E-state index in [0.717, 1.165) is 12.0 Å². The number of hydrogen-bond donors (Lipinski definition) is 0. The summed E-state index contributed by atoms with van der Waals surface area (Å²) in [5, 5.41) is 0. The van der Waals surface area contributed by atoms with Gasteiger partial charge >= 0.3 is 11.9 Å². The molecule has 2 aliphatic heterocycles. The molecule has 0 aliphatic carbocycles. The van der Waals surface area contributed by atoms with Crippen molar-refractivity contribution < 1.29 is 28.6 Å². The van der Waals surface area contributed by atoms with Gasteiger partial charge in [0.2, 0.25) is 0 Å². The summed E-state index contributed by atoms with van der Waals surface area (Å²) < 4.78 is 17.4. The van der Waals surface area contributed by atoms with E-state index in [4.69, 9.17) is 14.2 Å². The van der Waals surface area contributed by atoms with E-state index < -0.39 is 5.97 Å². The number of carbonyl (C=O) groups excluding carboxylic acids is 3. The highest BCUT2D eigenvalue weighted by Gasteiger charge is 2.36. The summed E-state index contributed by atoms with van der Waals surface area (Å²) in [4.78, 5) is 38.3. The maximum atomic E-state index is 13.5. The molecule has 0 amide bonds. The molecule has 37 heavy (non-hydrogen) atoms. The van der Waals surface area contributed by atoms with E-state index in [1.54, 1.807) is 6.07 Å². The second-order valence-corrected chi connectivity index (χ2v) is 10.3. The third-order valence-corrected chi connectivity index (χ3v) is 7.17. The van der Waals surface area contributed by atoms with Crippen LogP contribution in [0.3, 0.4) is 0 Å². The Hall–Kier alpha value is -3.41. The lowest BCUT2D eigenvalue weighted by molar-refractivity contribution is -0.135. The fraction of sp³-hybridized carbons (Fsp3) is 0.452. The standard InChI is InChI=1S/C31H36O6/c1-19(2)21-13-15-22(16-14-21)25-18-27(33)37-26-17-23-10-6-5-7-11-24(32)12-8-9-20(3)36-31(34)28(23)30(35-4)29(25)26/h6,10,13-17,19-20,25H,5,7-9,11-12,18H2,1-4H3/t20-,25?/m0/s1. The number of benzene rings is 2. The SMILES string of the molecule is COc1c2c(cc3c1C(c1ccc(C(C)C)cc1)CC(=O)O3)C=CCCCC(=O)CCC[C@H](C)OC2=O. The molecule has 6 nitrogen and oxygen atoms in total. The van der Waals surface area contributed by atoms with Crippen LogP contribution in [0.25, 0.3) is 6.08 Å². The average molecular weight is 505 g/mol. The molecular weight excluding hydrogens is 468 g/mol. The number of methoxy groups -OCH3 is 1. The van der Waals surface area contributed by atoms with E-state index in [2.05, 4.69) is 26.0 Å². The van der Waals surface area contributed by atoms with Gasteiger partial charge in [0.25, 0.3) is 0 Å². The third kappa shape index (κ3) is 6.12. The highest BCUT2D eigenvalue weighted by Crippen LogP contribution is 2.47. The van der Waals surface area contributed by atoms with Crippen LogP contribution in [0.15, 0.2) is 36.4 Å². The van der Waals surface area contributed by atoms with Gasteiger partial charge in [-0.1, -0.05) is 50.3 Å². The Morgan fingerprint density at radius 3 is 2.46 bits per heavy atom. The molecule has 4 rings (SSSR count). The van der Waals surface area contributed by atoms with Crippen molar-refractivity contribution in [2.24, 2.45) is 0 Å². The lowest BCUT2D eigenvalue weighted by Crippen LogP contribution is -2.24. The third-order valence-electron chi connectivity index (χ3n) is 7.17. The molecule has 0 radical (unpaired) electrons. The van der Waals surface area contributed by atoms with Gasteiger partial charge in [0.05, 0.1) is 19.6 Å². The second-order valence-electron chi connectivity index (χ2n) is 10.3. The zero-order chi connectivity index (χ0) is 26.5. The van der Waals surface area contributed by atoms with Gasteiger partial charge in [-0.3, -0.25) is 9.59 Å². The lowest BCUT2D eigenvalue weighted by Gasteiger charge is -2.29. The first-order chi connectivity index (χ1) is 17.8. The minimum absolute atomic E-state index is 0.151. The van der Waals surface area contributed by atoms with Crippen molar-refractivity contribution in [1.29, 1.82) is 0 Å². The number of cyclic esters (lactones) is 1. The van der Waals surface area contributed by atoms with Gasteiger partial charge in [-0.25, -0.2) is 4.79 Å². The molecule has 2 atom stereocenters. The number of ether oxygens (including phenoxy) is 3. The normalized spacial score (nSPS) is 20.9. The van der Waals surface area contributed by atoms with E-state index in [1.165, 1.54) is 12.7 Å². The Morgan fingerprint density at radius 1 is 1.03 bits per heavy atom. The van der Waals surface area contributed by atoms with Crippen LogP contribution in [0.1, 0.15) is 110 Å². The molecule has 0 fully saturated rings. The van der Waals surface area contributed by atoms with Crippen LogP contribution in [-0.4, -0.2) is 30.9 Å². The summed E-state index contributed by atoms with van der Waals surface area (Å²) in [6, 6.07) is 9.97. The highest BCUT2D eigenvalue weighted by atomic mass is 16.5. The Bertz CT molecular complexity index is 1190. The largest absolute Gasteiger partial charge is 0.495 e. The number of allylic oxidation sites excluding steroid dienone is 1. The molecule has 2 aliphatic rings. The van der Waals surface area contributed by atoms with Crippen molar-refractivity contribution in [3.8, 4) is 11.5 Å². The van der Waals surface area contributed by atoms with Gasteiger partial charge in [0.1, 0.15) is 22.8 Å². The molecule has 0 saturated carbocycles. The molecule has 0 N–H and O–H groups in total. The molecule has 6 heteroatoms. The van der Waals surface area contributed by atoms with Crippen LogP contribution in [-0.2, 0) is 14.3 Å². The fourth-order valence-corrected chi connectivity index (χ4v) is 5.11. The summed E-state index contributed by atoms with van der Waals surface area (Å²) in [5.41, 5.74) is 3.76. The number of Topliss-reactive ketones (excluding diaryl/α,β-unsaturated/α-hetero) is 1.